The molecule has 0 aromatic rings. The highest BCUT2D eigenvalue weighted by atomic mass is 32.2. The van der Waals surface area contributed by atoms with Gasteiger partial charge in [-0.15, -0.1) is 0 Å². The molecule has 0 aromatic heterocycles. The van der Waals surface area contributed by atoms with Crippen molar-refractivity contribution in [3.63, 3.8) is 0 Å². The monoisotopic (exact) mass is 224 g/mol. The van der Waals surface area contributed by atoms with Gasteiger partial charge in [0.1, 0.15) is 0 Å². The smallest absolute Gasteiger partial charge is 0.264 e. The summed E-state index contributed by atoms with van der Waals surface area (Å²) in [5.41, 5.74) is 0. The number of hydrogen-bond acceptors (Lipinski definition) is 5. The van der Waals surface area contributed by atoms with Gasteiger partial charge in [0.15, 0.2) is 5.79 Å². The van der Waals surface area contributed by atoms with Gasteiger partial charge in [0.2, 0.25) is 0 Å². The summed E-state index contributed by atoms with van der Waals surface area (Å²) in [5, 5.41) is 0. The first-order chi connectivity index (χ1) is 6.33. The van der Waals surface area contributed by atoms with E-state index in [9.17, 15) is 8.42 Å². The van der Waals surface area contributed by atoms with E-state index in [1.54, 1.807) is 6.92 Å². The SMILES string of the molecule is CC(COS(C)(=O)=O)C1(C)OCCO1. The molecule has 1 saturated heterocycles. The summed E-state index contributed by atoms with van der Waals surface area (Å²) in [6.07, 6.45) is 1.03. The summed E-state index contributed by atoms with van der Waals surface area (Å²) in [4.78, 5) is 0. The van der Waals surface area contributed by atoms with E-state index in [1.165, 1.54) is 0 Å². The first-order valence-corrected chi connectivity index (χ1v) is 6.27. The Balaban J connectivity index is 2.45. The van der Waals surface area contributed by atoms with Crippen LogP contribution in [-0.4, -0.2) is 40.3 Å². The second-order valence-corrected chi connectivity index (χ2v) is 5.25. The maximum Gasteiger partial charge on any atom is 0.264 e. The van der Waals surface area contributed by atoms with Crippen LogP contribution in [0, 0.1) is 5.92 Å². The van der Waals surface area contributed by atoms with Crippen LogP contribution in [0.5, 0.6) is 0 Å². The van der Waals surface area contributed by atoms with Crippen molar-refractivity contribution in [1.29, 1.82) is 0 Å². The average molecular weight is 224 g/mol. The average Bonchev–Trinajstić information content (AvgIpc) is 2.48. The summed E-state index contributed by atoms with van der Waals surface area (Å²) < 4.78 is 36.9. The lowest BCUT2D eigenvalue weighted by Crippen LogP contribution is -2.37. The maximum atomic E-state index is 10.8. The molecule has 0 saturated carbocycles. The van der Waals surface area contributed by atoms with Gasteiger partial charge in [-0.2, -0.15) is 8.42 Å². The molecule has 5 nitrogen and oxygen atoms in total. The van der Waals surface area contributed by atoms with E-state index in [0.29, 0.717) is 13.2 Å². The van der Waals surface area contributed by atoms with E-state index in [4.69, 9.17) is 9.47 Å². The van der Waals surface area contributed by atoms with Crippen LogP contribution in [0.4, 0.5) is 0 Å². The van der Waals surface area contributed by atoms with Crippen molar-refractivity contribution in [3.05, 3.63) is 0 Å². The minimum Gasteiger partial charge on any atom is -0.347 e. The van der Waals surface area contributed by atoms with Gasteiger partial charge in [-0.05, 0) is 6.92 Å². The van der Waals surface area contributed by atoms with E-state index in [2.05, 4.69) is 4.18 Å². The Morgan fingerprint density at radius 1 is 1.43 bits per heavy atom. The fourth-order valence-corrected chi connectivity index (χ4v) is 1.64. The molecule has 0 spiro atoms. The van der Waals surface area contributed by atoms with Crippen LogP contribution in [0.25, 0.3) is 0 Å². The van der Waals surface area contributed by atoms with E-state index in [1.807, 2.05) is 6.92 Å². The van der Waals surface area contributed by atoms with Crippen LogP contribution in [0.15, 0.2) is 0 Å². The van der Waals surface area contributed by atoms with Gasteiger partial charge in [0, 0.05) is 5.92 Å². The molecule has 0 aliphatic carbocycles. The van der Waals surface area contributed by atoms with Crippen molar-refractivity contribution in [2.75, 3.05) is 26.1 Å². The number of ether oxygens (including phenoxy) is 2. The lowest BCUT2D eigenvalue weighted by molar-refractivity contribution is -0.182. The highest BCUT2D eigenvalue weighted by molar-refractivity contribution is 7.85. The number of hydrogen-bond donors (Lipinski definition) is 0. The first-order valence-electron chi connectivity index (χ1n) is 4.46. The van der Waals surface area contributed by atoms with Crippen molar-refractivity contribution < 1.29 is 22.1 Å². The molecular weight excluding hydrogens is 208 g/mol. The van der Waals surface area contributed by atoms with Crippen LogP contribution >= 0.6 is 0 Å². The topological polar surface area (TPSA) is 61.8 Å². The fourth-order valence-electron chi connectivity index (χ4n) is 1.19. The quantitative estimate of drug-likeness (QED) is 0.645. The molecular formula is C8H16O5S. The molecule has 0 bridgehead atoms. The molecule has 1 atom stereocenters. The van der Waals surface area contributed by atoms with E-state index in [-0.39, 0.29) is 12.5 Å². The Bertz CT molecular complexity index is 278. The highest BCUT2D eigenvalue weighted by Gasteiger charge is 2.37. The molecule has 6 heteroatoms. The summed E-state index contributed by atoms with van der Waals surface area (Å²) in [6, 6.07) is 0. The predicted octanol–water partition coefficient (Wildman–Crippen LogP) is 0.362. The van der Waals surface area contributed by atoms with E-state index >= 15 is 0 Å². The summed E-state index contributed by atoms with van der Waals surface area (Å²) >= 11 is 0. The first kappa shape index (κ1) is 11.9. The molecule has 0 amide bonds. The molecule has 1 heterocycles. The summed E-state index contributed by atoms with van der Waals surface area (Å²) in [5.74, 6) is -0.843. The van der Waals surface area contributed by atoms with Crippen molar-refractivity contribution >= 4 is 10.1 Å². The Labute approximate surface area is 84.5 Å². The minimum absolute atomic E-state index is 0.0787. The largest absolute Gasteiger partial charge is 0.347 e. The van der Waals surface area contributed by atoms with Crippen molar-refractivity contribution in [2.45, 2.75) is 19.6 Å². The molecule has 1 aliphatic rings. The zero-order chi connectivity index (χ0) is 10.8. The second kappa shape index (κ2) is 4.14. The van der Waals surface area contributed by atoms with Crippen LogP contribution in [0.1, 0.15) is 13.8 Å². The van der Waals surface area contributed by atoms with Gasteiger partial charge in [-0.25, -0.2) is 0 Å². The van der Waals surface area contributed by atoms with E-state index < -0.39 is 15.9 Å². The predicted molar refractivity (Wildman–Crippen MR) is 50.3 cm³/mol. The summed E-state index contributed by atoms with van der Waals surface area (Å²) in [6.45, 7) is 4.78. The Kier molecular flexibility index (Phi) is 3.52. The van der Waals surface area contributed by atoms with Crippen molar-refractivity contribution in [3.8, 4) is 0 Å². The Hall–Kier alpha value is -0.170. The Morgan fingerprint density at radius 3 is 2.36 bits per heavy atom. The molecule has 84 valence electrons. The third-order valence-electron chi connectivity index (χ3n) is 2.29. The van der Waals surface area contributed by atoms with Crippen LogP contribution in [0.3, 0.4) is 0 Å². The van der Waals surface area contributed by atoms with Gasteiger partial charge in [0.05, 0.1) is 26.1 Å². The lowest BCUT2D eigenvalue weighted by atomic mass is 10.0. The number of rotatable bonds is 4. The minimum atomic E-state index is -3.39. The Morgan fingerprint density at radius 2 is 1.93 bits per heavy atom. The zero-order valence-electron chi connectivity index (χ0n) is 8.65. The standard InChI is InChI=1S/C8H16O5S/c1-7(6-13-14(3,9)10)8(2)11-4-5-12-8/h7H,4-6H2,1-3H3. The van der Waals surface area contributed by atoms with Gasteiger partial charge in [0.25, 0.3) is 10.1 Å². The van der Waals surface area contributed by atoms with Gasteiger partial charge < -0.3 is 9.47 Å². The molecule has 0 aromatic carbocycles. The fraction of sp³-hybridized carbons (Fsp3) is 1.00. The molecule has 1 aliphatic heterocycles. The molecule has 1 rings (SSSR count). The van der Waals surface area contributed by atoms with Crippen molar-refractivity contribution in [1.82, 2.24) is 0 Å². The normalized spacial score (nSPS) is 23.6. The van der Waals surface area contributed by atoms with Crippen LogP contribution in [-0.2, 0) is 23.8 Å². The second-order valence-electron chi connectivity index (χ2n) is 3.60. The molecule has 1 unspecified atom stereocenters. The van der Waals surface area contributed by atoms with E-state index in [0.717, 1.165) is 6.26 Å². The van der Waals surface area contributed by atoms with Gasteiger partial charge >= 0.3 is 0 Å². The maximum absolute atomic E-state index is 10.8. The van der Waals surface area contributed by atoms with Gasteiger partial charge in [-0.3, -0.25) is 4.18 Å². The van der Waals surface area contributed by atoms with Crippen LogP contribution < -0.4 is 0 Å². The third-order valence-corrected chi connectivity index (χ3v) is 2.85. The highest BCUT2D eigenvalue weighted by Crippen LogP contribution is 2.27. The molecule has 14 heavy (non-hydrogen) atoms. The van der Waals surface area contributed by atoms with Crippen LogP contribution in [0.2, 0.25) is 0 Å². The molecule has 0 N–H and O–H groups in total. The summed E-state index contributed by atoms with van der Waals surface area (Å²) in [7, 11) is -3.39. The lowest BCUT2D eigenvalue weighted by Gasteiger charge is -2.28. The molecule has 1 fully saturated rings. The molecule has 0 radical (unpaired) electrons. The van der Waals surface area contributed by atoms with Gasteiger partial charge in [-0.1, -0.05) is 6.92 Å². The van der Waals surface area contributed by atoms with Crippen molar-refractivity contribution in [2.24, 2.45) is 5.92 Å². The zero-order valence-corrected chi connectivity index (χ0v) is 9.46. The third kappa shape index (κ3) is 3.20.